The SMILES string of the molecule is Cc1ccccc1C(OP(O)O)c1ccccc1C. The summed E-state index contributed by atoms with van der Waals surface area (Å²) in [7, 11) is -2.41. The molecule has 0 radical (unpaired) electrons. The lowest BCUT2D eigenvalue weighted by atomic mass is 9.95. The third kappa shape index (κ3) is 3.40. The van der Waals surface area contributed by atoms with E-state index in [4.69, 9.17) is 4.52 Å². The average Bonchev–Trinajstić information content (AvgIpc) is 2.37. The highest BCUT2D eigenvalue weighted by atomic mass is 31.2. The van der Waals surface area contributed by atoms with Gasteiger partial charge in [-0.1, -0.05) is 48.5 Å². The van der Waals surface area contributed by atoms with E-state index in [1.807, 2.05) is 62.4 Å². The molecule has 19 heavy (non-hydrogen) atoms. The summed E-state index contributed by atoms with van der Waals surface area (Å²) in [5.74, 6) is 0. The Labute approximate surface area is 114 Å². The zero-order chi connectivity index (χ0) is 13.8. The fraction of sp³-hybridized carbons (Fsp3) is 0.200. The Morgan fingerprint density at radius 2 is 1.26 bits per heavy atom. The molecule has 2 rings (SSSR count). The summed E-state index contributed by atoms with van der Waals surface area (Å²) in [5.41, 5.74) is 4.03. The summed E-state index contributed by atoms with van der Waals surface area (Å²) in [5, 5.41) is 0. The van der Waals surface area contributed by atoms with E-state index in [2.05, 4.69) is 0 Å². The third-order valence-electron chi connectivity index (χ3n) is 3.14. The molecule has 0 aliphatic heterocycles. The molecule has 4 heteroatoms. The molecule has 0 heterocycles. The smallest absolute Gasteiger partial charge is 0.327 e. The van der Waals surface area contributed by atoms with Crippen molar-refractivity contribution in [3.05, 3.63) is 70.8 Å². The lowest BCUT2D eigenvalue weighted by Gasteiger charge is -2.22. The van der Waals surface area contributed by atoms with E-state index in [0.717, 1.165) is 22.3 Å². The molecule has 3 nitrogen and oxygen atoms in total. The monoisotopic (exact) mass is 276 g/mol. The van der Waals surface area contributed by atoms with Crippen molar-refractivity contribution in [3.8, 4) is 0 Å². The molecular weight excluding hydrogens is 259 g/mol. The van der Waals surface area contributed by atoms with Crippen LogP contribution in [0.1, 0.15) is 28.4 Å². The topological polar surface area (TPSA) is 49.7 Å². The van der Waals surface area contributed by atoms with Crippen molar-refractivity contribution >= 4 is 8.60 Å². The second kappa shape index (κ2) is 6.27. The highest BCUT2D eigenvalue weighted by molar-refractivity contribution is 7.39. The Kier molecular flexibility index (Phi) is 4.67. The molecule has 0 amide bonds. The van der Waals surface area contributed by atoms with Crippen LogP contribution in [0.5, 0.6) is 0 Å². The van der Waals surface area contributed by atoms with Crippen molar-refractivity contribution in [2.75, 3.05) is 0 Å². The largest absolute Gasteiger partial charge is 0.328 e. The Hall–Kier alpha value is -1.25. The van der Waals surface area contributed by atoms with Crippen LogP contribution in [0.3, 0.4) is 0 Å². The van der Waals surface area contributed by atoms with Crippen molar-refractivity contribution in [1.82, 2.24) is 0 Å². The van der Waals surface area contributed by atoms with Gasteiger partial charge in [-0.05, 0) is 36.1 Å². The van der Waals surface area contributed by atoms with E-state index in [0.29, 0.717) is 0 Å². The normalized spacial score (nSPS) is 11.3. The minimum atomic E-state index is -2.41. The van der Waals surface area contributed by atoms with Gasteiger partial charge in [-0.25, -0.2) is 0 Å². The van der Waals surface area contributed by atoms with Gasteiger partial charge in [0.25, 0.3) is 0 Å². The van der Waals surface area contributed by atoms with Gasteiger partial charge in [-0.3, -0.25) is 4.52 Å². The molecule has 0 spiro atoms. The molecule has 2 aromatic rings. The standard InChI is InChI=1S/C15H17O3P/c1-11-7-3-5-9-13(11)15(18-19(16)17)14-10-6-4-8-12(14)2/h3-10,15-17H,1-2H3. The van der Waals surface area contributed by atoms with Crippen molar-refractivity contribution in [2.24, 2.45) is 0 Å². The molecule has 0 fully saturated rings. The van der Waals surface area contributed by atoms with Crippen molar-refractivity contribution < 1.29 is 14.3 Å². The molecule has 0 aliphatic rings. The maximum absolute atomic E-state index is 9.23. The first-order chi connectivity index (χ1) is 9.09. The van der Waals surface area contributed by atoms with Gasteiger partial charge >= 0.3 is 8.60 Å². The van der Waals surface area contributed by atoms with E-state index < -0.39 is 14.7 Å². The molecule has 0 bridgehead atoms. The molecule has 0 atom stereocenters. The maximum Gasteiger partial charge on any atom is 0.327 e. The van der Waals surface area contributed by atoms with Crippen LogP contribution in [0.25, 0.3) is 0 Å². The first-order valence-corrected chi connectivity index (χ1v) is 7.22. The predicted octanol–water partition coefficient (Wildman–Crippen LogP) is 3.62. The molecule has 100 valence electrons. The van der Waals surface area contributed by atoms with Crippen molar-refractivity contribution in [3.63, 3.8) is 0 Å². The summed E-state index contributed by atoms with van der Waals surface area (Å²) in [6.07, 6.45) is -0.455. The first kappa shape index (κ1) is 14.2. The van der Waals surface area contributed by atoms with E-state index >= 15 is 0 Å². The van der Waals surface area contributed by atoms with Crippen molar-refractivity contribution in [2.45, 2.75) is 20.0 Å². The average molecular weight is 276 g/mol. The van der Waals surface area contributed by atoms with Crippen LogP contribution >= 0.6 is 8.60 Å². The highest BCUT2D eigenvalue weighted by Crippen LogP contribution is 2.40. The van der Waals surface area contributed by atoms with Crippen molar-refractivity contribution in [1.29, 1.82) is 0 Å². The van der Waals surface area contributed by atoms with E-state index in [1.54, 1.807) is 0 Å². The number of aryl methyl sites for hydroxylation is 2. The second-order valence-electron chi connectivity index (χ2n) is 4.45. The molecule has 2 N–H and O–H groups in total. The molecule has 0 saturated heterocycles. The van der Waals surface area contributed by atoms with Crippen LogP contribution in [0.4, 0.5) is 0 Å². The maximum atomic E-state index is 9.23. The molecule has 0 aliphatic carbocycles. The van der Waals surface area contributed by atoms with Crippen LogP contribution < -0.4 is 0 Å². The lowest BCUT2D eigenvalue weighted by molar-refractivity contribution is 0.203. The van der Waals surface area contributed by atoms with Crippen LogP contribution in [-0.2, 0) is 4.52 Å². The molecule has 0 saturated carbocycles. The zero-order valence-corrected chi connectivity index (χ0v) is 11.8. The highest BCUT2D eigenvalue weighted by Gasteiger charge is 2.21. The van der Waals surface area contributed by atoms with Gasteiger partial charge in [0.1, 0.15) is 6.10 Å². The number of hydrogen-bond donors (Lipinski definition) is 2. The summed E-state index contributed by atoms with van der Waals surface area (Å²) in [6, 6.07) is 15.6. The van der Waals surface area contributed by atoms with Gasteiger partial charge in [0.2, 0.25) is 0 Å². The molecular formula is C15H17O3P. The molecule has 0 aromatic heterocycles. The number of benzene rings is 2. The van der Waals surface area contributed by atoms with Gasteiger partial charge in [0.15, 0.2) is 0 Å². The Morgan fingerprint density at radius 1 is 0.842 bits per heavy atom. The third-order valence-corrected chi connectivity index (χ3v) is 3.54. The van der Waals surface area contributed by atoms with Gasteiger partial charge in [-0.15, -0.1) is 0 Å². The Morgan fingerprint density at radius 3 is 1.63 bits per heavy atom. The fourth-order valence-electron chi connectivity index (χ4n) is 2.14. The predicted molar refractivity (Wildman–Crippen MR) is 76.6 cm³/mol. The quantitative estimate of drug-likeness (QED) is 0.838. The summed E-state index contributed by atoms with van der Waals surface area (Å²) < 4.78 is 5.36. The van der Waals surface area contributed by atoms with Gasteiger partial charge in [0.05, 0.1) is 0 Å². The minimum Gasteiger partial charge on any atom is -0.328 e. The van der Waals surface area contributed by atoms with Crippen LogP contribution in [-0.4, -0.2) is 9.79 Å². The van der Waals surface area contributed by atoms with Crippen LogP contribution in [0.2, 0.25) is 0 Å². The molecule has 0 unspecified atom stereocenters. The summed E-state index contributed by atoms with van der Waals surface area (Å²) in [4.78, 5) is 18.5. The zero-order valence-electron chi connectivity index (χ0n) is 10.9. The van der Waals surface area contributed by atoms with Gasteiger partial charge < -0.3 is 9.79 Å². The fourth-order valence-corrected chi connectivity index (χ4v) is 2.55. The van der Waals surface area contributed by atoms with E-state index in [1.165, 1.54) is 0 Å². The summed E-state index contributed by atoms with van der Waals surface area (Å²) >= 11 is 0. The lowest BCUT2D eigenvalue weighted by Crippen LogP contribution is -2.07. The van der Waals surface area contributed by atoms with Crippen LogP contribution in [0, 0.1) is 13.8 Å². The number of rotatable bonds is 4. The van der Waals surface area contributed by atoms with E-state index in [-0.39, 0.29) is 0 Å². The van der Waals surface area contributed by atoms with Gasteiger partial charge in [0, 0.05) is 0 Å². The summed E-state index contributed by atoms with van der Waals surface area (Å²) in [6.45, 7) is 3.97. The Bertz CT molecular complexity index is 509. The second-order valence-corrected chi connectivity index (χ2v) is 5.17. The first-order valence-electron chi connectivity index (χ1n) is 6.05. The van der Waals surface area contributed by atoms with Gasteiger partial charge in [-0.2, -0.15) is 0 Å². The Balaban J connectivity index is 2.48. The molecule has 2 aromatic carbocycles. The van der Waals surface area contributed by atoms with E-state index in [9.17, 15) is 9.79 Å². The van der Waals surface area contributed by atoms with Crippen LogP contribution in [0.15, 0.2) is 48.5 Å². The minimum absolute atomic E-state index is 0.455. The number of hydrogen-bond acceptors (Lipinski definition) is 3.